The highest BCUT2D eigenvalue weighted by atomic mass is 16.6. The van der Waals surface area contributed by atoms with Gasteiger partial charge in [-0.15, -0.1) is 0 Å². The first-order chi connectivity index (χ1) is 22.6. The molecule has 2 heterocycles. The molecule has 0 saturated heterocycles. The van der Waals surface area contributed by atoms with Crippen molar-refractivity contribution in [2.24, 2.45) is 0 Å². The second-order valence-electron chi connectivity index (χ2n) is 11.9. The van der Waals surface area contributed by atoms with Crippen molar-refractivity contribution < 1.29 is 33.4 Å². The van der Waals surface area contributed by atoms with Crippen LogP contribution < -0.4 is 4.74 Å². The lowest BCUT2D eigenvalue weighted by Crippen LogP contribution is -2.26. The smallest absolute Gasteiger partial charge is 0.419 e. The lowest BCUT2D eigenvalue weighted by Gasteiger charge is -2.19. The van der Waals surface area contributed by atoms with Gasteiger partial charge in [-0.2, -0.15) is 0 Å². The third-order valence-corrected chi connectivity index (χ3v) is 7.69. The minimum atomic E-state index is -0.759. The van der Waals surface area contributed by atoms with E-state index in [1.807, 2.05) is 30.3 Å². The van der Waals surface area contributed by atoms with Crippen molar-refractivity contribution in [3.8, 4) is 16.9 Å². The molecule has 236 valence electrons. The highest BCUT2D eigenvalue weighted by molar-refractivity contribution is 6.17. The van der Waals surface area contributed by atoms with Crippen molar-refractivity contribution in [3.63, 3.8) is 0 Å². The molecule has 0 bridgehead atoms. The number of fused-ring (bicyclic) bond motifs is 2. The van der Waals surface area contributed by atoms with Gasteiger partial charge in [0.25, 0.3) is 5.91 Å². The van der Waals surface area contributed by atoms with Crippen LogP contribution in [0.15, 0.2) is 103 Å². The molecule has 0 N–H and O–H groups in total. The molecule has 9 nitrogen and oxygen atoms in total. The minimum Gasteiger partial charge on any atom is -0.488 e. The molecule has 4 aromatic carbocycles. The molecule has 6 aromatic rings. The van der Waals surface area contributed by atoms with Crippen LogP contribution in [0, 0.1) is 0 Å². The number of methoxy groups -OCH3 is 1. The number of hydrogen-bond acceptors (Lipinski definition) is 7. The van der Waals surface area contributed by atoms with Crippen molar-refractivity contribution in [2.75, 3.05) is 7.11 Å². The number of hydrogen-bond donors (Lipinski definition) is 0. The number of benzene rings is 4. The number of esters is 1. The quantitative estimate of drug-likeness (QED) is 0.131. The van der Waals surface area contributed by atoms with E-state index in [2.05, 4.69) is 0 Å². The molecule has 0 amide bonds. The fourth-order valence-corrected chi connectivity index (χ4v) is 5.66. The maximum Gasteiger partial charge on any atom is 0.419 e. The lowest BCUT2D eigenvalue weighted by molar-refractivity contribution is 0.0542. The normalized spacial score (nSPS) is 11.4. The molecule has 47 heavy (non-hydrogen) atoms. The fraction of sp³-hybridized carbons (Fsp3) is 0.158. The van der Waals surface area contributed by atoms with Crippen molar-refractivity contribution in [1.29, 1.82) is 0 Å². The maximum absolute atomic E-state index is 14.3. The Hall–Kier alpha value is -5.96. The number of ether oxygens (including phenoxy) is 3. The summed E-state index contributed by atoms with van der Waals surface area (Å²) < 4.78 is 19.5. The summed E-state index contributed by atoms with van der Waals surface area (Å²) in [5.41, 5.74) is 3.04. The number of carbonyl (C=O) groups is 4. The van der Waals surface area contributed by atoms with E-state index in [1.165, 1.54) is 22.4 Å². The Bertz CT molecular complexity index is 2170. The zero-order valence-corrected chi connectivity index (χ0v) is 26.4. The second-order valence-corrected chi connectivity index (χ2v) is 11.9. The van der Waals surface area contributed by atoms with Gasteiger partial charge in [0.2, 0.25) is 0 Å². The molecular formula is C38H32N2O7. The van der Waals surface area contributed by atoms with Gasteiger partial charge < -0.3 is 14.2 Å². The van der Waals surface area contributed by atoms with Crippen LogP contribution in [0.1, 0.15) is 57.4 Å². The van der Waals surface area contributed by atoms with Gasteiger partial charge >= 0.3 is 12.1 Å². The van der Waals surface area contributed by atoms with Crippen LogP contribution in [0.4, 0.5) is 4.79 Å². The van der Waals surface area contributed by atoms with E-state index in [-0.39, 0.29) is 23.6 Å². The third kappa shape index (κ3) is 5.91. The van der Waals surface area contributed by atoms with Crippen molar-refractivity contribution in [3.05, 3.63) is 126 Å². The summed E-state index contributed by atoms with van der Waals surface area (Å²) in [5, 5.41) is 0.967. The molecule has 0 aliphatic rings. The summed E-state index contributed by atoms with van der Waals surface area (Å²) in [4.78, 5) is 52.8. The molecule has 9 heteroatoms. The Morgan fingerprint density at radius 2 is 1.53 bits per heavy atom. The maximum atomic E-state index is 14.3. The first kappa shape index (κ1) is 31.0. The Balaban J connectivity index is 1.54. The zero-order valence-electron chi connectivity index (χ0n) is 26.4. The number of rotatable bonds is 7. The summed E-state index contributed by atoms with van der Waals surface area (Å²) in [6.07, 6.45) is 3.09. The van der Waals surface area contributed by atoms with Gasteiger partial charge in [0.1, 0.15) is 18.0 Å². The van der Waals surface area contributed by atoms with Gasteiger partial charge in [0, 0.05) is 34.3 Å². The average Bonchev–Trinajstić information content (AvgIpc) is 3.69. The number of aldehydes is 1. The van der Waals surface area contributed by atoms with Crippen molar-refractivity contribution in [2.45, 2.75) is 33.0 Å². The van der Waals surface area contributed by atoms with Crippen LogP contribution in [0.25, 0.3) is 32.9 Å². The largest absolute Gasteiger partial charge is 0.488 e. The van der Waals surface area contributed by atoms with E-state index in [9.17, 15) is 19.2 Å². The molecule has 0 unspecified atom stereocenters. The third-order valence-electron chi connectivity index (χ3n) is 7.69. The summed E-state index contributed by atoms with van der Waals surface area (Å²) in [7, 11) is 1.29. The number of carbonyl (C=O) groups excluding carboxylic acids is 4. The van der Waals surface area contributed by atoms with Gasteiger partial charge in [-0.25, -0.2) is 9.59 Å². The number of aromatic nitrogens is 2. The molecule has 0 saturated carbocycles. The molecular weight excluding hydrogens is 596 g/mol. The fourth-order valence-electron chi connectivity index (χ4n) is 5.66. The summed E-state index contributed by atoms with van der Waals surface area (Å²) in [5.74, 6) is -0.559. The topological polar surface area (TPSA) is 106 Å². The average molecular weight is 629 g/mol. The zero-order chi connectivity index (χ0) is 33.3. The highest BCUT2D eigenvalue weighted by Gasteiger charge is 2.26. The monoisotopic (exact) mass is 628 g/mol. The van der Waals surface area contributed by atoms with E-state index < -0.39 is 17.7 Å². The van der Waals surface area contributed by atoms with Crippen LogP contribution in [-0.2, 0) is 16.1 Å². The Labute approximate surface area is 270 Å². The predicted molar refractivity (Wildman–Crippen MR) is 178 cm³/mol. The summed E-state index contributed by atoms with van der Waals surface area (Å²) in [6.45, 7) is 5.55. The standard InChI is InChI=1S/C38H32N2O7/c1-38(2,3)47-37(44)40-21-25(22-41)33-26(14-10-15-31(33)40)27-17-18-29(36(43)45-4)28-19-20-39(34(27)28)35(42)30-13-8-9-16-32(30)46-23-24-11-6-5-7-12-24/h5-22H,23H2,1-4H3. The summed E-state index contributed by atoms with van der Waals surface area (Å²) in [6, 6.07) is 26.9. The first-order valence-corrected chi connectivity index (χ1v) is 15.0. The SMILES string of the molecule is COC(=O)c1ccc(-c2cccc3c2c(C=O)cn3C(=O)OC(C)(C)C)c2c1ccn2C(=O)c1ccccc1OCc1ccccc1. The Morgan fingerprint density at radius 1 is 0.787 bits per heavy atom. The predicted octanol–water partition coefficient (Wildman–Crippen LogP) is 7.91. The van der Waals surface area contributed by atoms with Gasteiger partial charge in [-0.05, 0) is 62.2 Å². The molecule has 0 aliphatic heterocycles. The van der Waals surface area contributed by atoms with Crippen molar-refractivity contribution in [1.82, 2.24) is 9.13 Å². The number of para-hydroxylation sites is 1. The molecule has 0 radical (unpaired) electrons. The lowest BCUT2D eigenvalue weighted by atomic mass is 9.95. The van der Waals surface area contributed by atoms with Gasteiger partial charge in [0.05, 0.1) is 29.3 Å². The van der Waals surface area contributed by atoms with E-state index in [0.29, 0.717) is 50.5 Å². The van der Waals surface area contributed by atoms with Gasteiger partial charge in [-0.3, -0.25) is 18.7 Å². The second kappa shape index (κ2) is 12.4. The van der Waals surface area contributed by atoms with E-state index >= 15 is 0 Å². The van der Waals surface area contributed by atoms with Crippen LogP contribution in [0.3, 0.4) is 0 Å². The Morgan fingerprint density at radius 3 is 2.26 bits per heavy atom. The Kier molecular flexibility index (Phi) is 8.22. The molecule has 2 aromatic heterocycles. The van der Waals surface area contributed by atoms with Gasteiger partial charge in [-0.1, -0.05) is 60.7 Å². The van der Waals surface area contributed by atoms with Crippen LogP contribution in [0.5, 0.6) is 5.75 Å². The van der Waals surface area contributed by atoms with E-state index in [4.69, 9.17) is 14.2 Å². The van der Waals surface area contributed by atoms with Crippen LogP contribution >= 0.6 is 0 Å². The van der Waals surface area contributed by atoms with E-state index in [1.54, 1.807) is 87.6 Å². The van der Waals surface area contributed by atoms with Gasteiger partial charge in [0.15, 0.2) is 6.29 Å². The molecule has 0 spiro atoms. The van der Waals surface area contributed by atoms with Crippen LogP contribution in [-0.4, -0.2) is 46.1 Å². The minimum absolute atomic E-state index is 0.260. The van der Waals surface area contributed by atoms with Crippen LogP contribution in [0.2, 0.25) is 0 Å². The van der Waals surface area contributed by atoms with E-state index in [0.717, 1.165) is 5.56 Å². The molecule has 0 aliphatic carbocycles. The molecule has 0 atom stereocenters. The molecule has 6 rings (SSSR count). The first-order valence-electron chi connectivity index (χ1n) is 15.0. The highest BCUT2D eigenvalue weighted by Crippen LogP contribution is 2.39. The summed E-state index contributed by atoms with van der Waals surface area (Å²) >= 11 is 0. The molecule has 0 fully saturated rings. The van der Waals surface area contributed by atoms with Crippen molar-refractivity contribution >= 4 is 46.1 Å². The number of nitrogens with zero attached hydrogens (tertiary/aromatic N) is 2.